The van der Waals surface area contributed by atoms with Gasteiger partial charge in [0.05, 0.1) is 6.21 Å². The Bertz CT molecular complexity index is 555. The van der Waals surface area contributed by atoms with Crippen LogP contribution in [0.2, 0.25) is 5.02 Å². The highest BCUT2D eigenvalue weighted by atomic mass is 35.5. The molecule has 2 aromatic rings. The molecule has 0 fully saturated rings. The molecule has 18 heavy (non-hydrogen) atoms. The molecule has 0 aliphatic heterocycles. The number of nitrogens with zero attached hydrogens (tertiary/aromatic N) is 1. The standard InChI is InChI=1S/C14H13ClN2O/c15-14-7-2-1-5-12(14)10-18-13-6-3-4-11(8-13)9-17-16/h1-9H,10,16H2. The highest BCUT2D eigenvalue weighted by Crippen LogP contribution is 2.18. The summed E-state index contributed by atoms with van der Waals surface area (Å²) in [5.74, 6) is 5.86. The summed E-state index contributed by atoms with van der Waals surface area (Å²) in [6.45, 7) is 0.433. The second kappa shape index (κ2) is 6.07. The molecule has 2 N–H and O–H groups in total. The molecule has 0 saturated heterocycles. The Kier molecular flexibility index (Phi) is 4.20. The molecule has 0 heterocycles. The topological polar surface area (TPSA) is 47.6 Å². The lowest BCUT2D eigenvalue weighted by molar-refractivity contribution is 0.306. The van der Waals surface area contributed by atoms with Gasteiger partial charge in [-0.25, -0.2) is 0 Å². The lowest BCUT2D eigenvalue weighted by atomic mass is 10.2. The highest BCUT2D eigenvalue weighted by Gasteiger charge is 2.00. The van der Waals surface area contributed by atoms with Crippen LogP contribution in [0.15, 0.2) is 53.6 Å². The van der Waals surface area contributed by atoms with E-state index in [9.17, 15) is 0 Å². The average molecular weight is 261 g/mol. The largest absolute Gasteiger partial charge is 0.489 e. The Morgan fingerprint density at radius 3 is 2.78 bits per heavy atom. The number of hydrogen-bond acceptors (Lipinski definition) is 3. The fourth-order valence-corrected chi connectivity index (χ4v) is 1.74. The Hall–Kier alpha value is -2.00. The van der Waals surface area contributed by atoms with Gasteiger partial charge in [0.15, 0.2) is 0 Å². The molecule has 2 rings (SSSR count). The smallest absolute Gasteiger partial charge is 0.120 e. The molecule has 4 heteroatoms. The maximum Gasteiger partial charge on any atom is 0.120 e. The third kappa shape index (κ3) is 3.25. The van der Waals surface area contributed by atoms with Crippen LogP contribution in [-0.4, -0.2) is 6.21 Å². The van der Waals surface area contributed by atoms with Gasteiger partial charge in [0.2, 0.25) is 0 Å². The molecule has 0 saturated carbocycles. The monoisotopic (exact) mass is 260 g/mol. The number of hydrogen-bond donors (Lipinski definition) is 1. The van der Waals surface area contributed by atoms with E-state index in [4.69, 9.17) is 22.2 Å². The van der Waals surface area contributed by atoms with Gasteiger partial charge in [-0.3, -0.25) is 0 Å². The fourth-order valence-electron chi connectivity index (χ4n) is 1.55. The number of hydrazone groups is 1. The van der Waals surface area contributed by atoms with Crippen molar-refractivity contribution >= 4 is 17.8 Å². The van der Waals surface area contributed by atoms with Crippen LogP contribution in [0.25, 0.3) is 0 Å². The second-order valence-corrected chi connectivity index (χ2v) is 4.14. The van der Waals surface area contributed by atoms with Crippen LogP contribution >= 0.6 is 11.6 Å². The molecule has 0 unspecified atom stereocenters. The van der Waals surface area contributed by atoms with E-state index < -0.39 is 0 Å². The van der Waals surface area contributed by atoms with Crippen molar-refractivity contribution in [2.24, 2.45) is 10.9 Å². The number of halogens is 1. The van der Waals surface area contributed by atoms with Crippen molar-refractivity contribution in [1.29, 1.82) is 0 Å². The van der Waals surface area contributed by atoms with Gasteiger partial charge in [-0.2, -0.15) is 5.10 Å². The predicted molar refractivity (Wildman–Crippen MR) is 74.0 cm³/mol. The minimum Gasteiger partial charge on any atom is -0.489 e. The third-order valence-electron chi connectivity index (χ3n) is 2.43. The first kappa shape index (κ1) is 12.5. The molecular weight excluding hydrogens is 248 g/mol. The minimum atomic E-state index is 0.433. The maximum atomic E-state index is 6.05. The van der Waals surface area contributed by atoms with E-state index in [1.807, 2.05) is 48.5 Å². The molecule has 0 aromatic heterocycles. The van der Waals surface area contributed by atoms with Gasteiger partial charge in [-0.1, -0.05) is 41.9 Å². The van der Waals surface area contributed by atoms with Crippen molar-refractivity contribution in [3.8, 4) is 5.75 Å². The predicted octanol–water partition coefficient (Wildman–Crippen LogP) is 3.21. The molecule has 0 spiro atoms. The van der Waals surface area contributed by atoms with Crippen LogP contribution in [0.4, 0.5) is 0 Å². The first-order chi connectivity index (χ1) is 8.79. The first-order valence-electron chi connectivity index (χ1n) is 5.49. The summed E-state index contributed by atoms with van der Waals surface area (Å²) < 4.78 is 5.67. The Morgan fingerprint density at radius 1 is 1.17 bits per heavy atom. The van der Waals surface area contributed by atoms with Gasteiger partial charge >= 0.3 is 0 Å². The van der Waals surface area contributed by atoms with E-state index in [0.29, 0.717) is 11.6 Å². The lowest BCUT2D eigenvalue weighted by Crippen LogP contribution is -1.96. The maximum absolute atomic E-state index is 6.05. The summed E-state index contributed by atoms with van der Waals surface area (Å²) in [5, 5.41) is 4.18. The quantitative estimate of drug-likeness (QED) is 0.521. The zero-order chi connectivity index (χ0) is 12.8. The molecule has 0 radical (unpaired) electrons. The van der Waals surface area contributed by atoms with E-state index in [1.54, 1.807) is 6.21 Å². The zero-order valence-corrected chi connectivity index (χ0v) is 10.5. The van der Waals surface area contributed by atoms with Gasteiger partial charge in [0, 0.05) is 10.6 Å². The molecule has 92 valence electrons. The molecule has 0 bridgehead atoms. The zero-order valence-electron chi connectivity index (χ0n) is 9.71. The summed E-state index contributed by atoms with van der Waals surface area (Å²) in [5.41, 5.74) is 1.85. The normalized spacial score (nSPS) is 10.7. The van der Waals surface area contributed by atoms with Gasteiger partial charge in [-0.15, -0.1) is 0 Å². The van der Waals surface area contributed by atoms with Crippen LogP contribution in [0.5, 0.6) is 5.75 Å². The van der Waals surface area contributed by atoms with Gasteiger partial charge in [0.25, 0.3) is 0 Å². The molecular formula is C14H13ClN2O. The van der Waals surface area contributed by atoms with Crippen molar-refractivity contribution < 1.29 is 4.74 Å². The molecule has 2 aromatic carbocycles. The van der Waals surface area contributed by atoms with E-state index in [-0.39, 0.29) is 0 Å². The number of ether oxygens (including phenoxy) is 1. The average Bonchev–Trinajstić information content (AvgIpc) is 2.39. The summed E-state index contributed by atoms with van der Waals surface area (Å²) in [6.07, 6.45) is 1.57. The number of benzene rings is 2. The van der Waals surface area contributed by atoms with Crippen LogP contribution in [-0.2, 0) is 6.61 Å². The van der Waals surface area contributed by atoms with Gasteiger partial charge in [0.1, 0.15) is 12.4 Å². The summed E-state index contributed by atoms with van der Waals surface area (Å²) >= 11 is 6.05. The van der Waals surface area contributed by atoms with Crippen molar-refractivity contribution in [2.45, 2.75) is 6.61 Å². The van der Waals surface area contributed by atoms with Gasteiger partial charge in [-0.05, 0) is 23.8 Å². The van der Waals surface area contributed by atoms with Crippen LogP contribution in [0.3, 0.4) is 0 Å². The molecule has 3 nitrogen and oxygen atoms in total. The first-order valence-corrected chi connectivity index (χ1v) is 5.87. The van der Waals surface area contributed by atoms with E-state index in [1.165, 1.54) is 0 Å². The van der Waals surface area contributed by atoms with Crippen molar-refractivity contribution in [2.75, 3.05) is 0 Å². The summed E-state index contributed by atoms with van der Waals surface area (Å²) in [6, 6.07) is 15.1. The Labute approximate surface area is 111 Å². The van der Waals surface area contributed by atoms with Gasteiger partial charge < -0.3 is 10.6 Å². The summed E-state index contributed by atoms with van der Waals surface area (Å²) in [7, 11) is 0. The van der Waals surface area contributed by atoms with Crippen LogP contribution < -0.4 is 10.6 Å². The fraction of sp³-hybridized carbons (Fsp3) is 0.0714. The van der Waals surface area contributed by atoms with Crippen molar-refractivity contribution in [1.82, 2.24) is 0 Å². The third-order valence-corrected chi connectivity index (χ3v) is 2.80. The second-order valence-electron chi connectivity index (χ2n) is 3.73. The minimum absolute atomic E-state index is 0.433. The molecule has 0 amide bonds. The number of rotatable bonds is 4. The molecule has 0 aliphatic rings. The van der Waals surface area contributed by atoms with E-state index in [0.717, 1.165) is 16.9 Å². The van der Waals surface area contributed by atoms with Crippen LogP contribution in [0, 0.1) is 0 Å². The Morgan fingerprint density at radius 2 is 2.00 bits per heavy atom. The Balaban J connectivity index is 2.06. The van der Waals surface area contributed by atoms with Crippen molar-refractivity contribution in [3.63, 3.8) is 0 Å². The molecule has 0 aliphatic carbocycles. The molecule has 0 atom stereocenters. The SMILES string of the molecule is NN=Cc1cccc(OCc2ccccc2Cl)c1. The van der Waals surface area contributed by atoms with Crippen LogP contribution in [0.1, 0.15) is 11.1 Å². The summed E-state index contributed by atoms with van der Waals surface area (Å²) in [4.78, 5) is 0. The van der Waals surface area contributed by atoms with Crippen molar-refractivity contribution in [3.05, 3.63) is 64.7 Å². The van der Waals surface area contributed by atoms with E-state index in [2.05, 4.69) is 5.10 Å². The highest BCUT2D eigenvalue weighted by molar-refractivity contribution is 6.31. The van der Waals surface area contributed by atoms with E-state index >= 15 is 0 Å². The number of nitrogens with two attached hydrogens (primary N) is 1. The lowest BCUT2D eigenvalue weighted by Gasteiger charge is -2.08.